The SMILES string of the molecule is COc1ccc2c(c1)nc(-c1ccc3occc3c1)n2-c1ccnc(NC2CCCCC2)n1.COc1ccc2c(c1)nc(-c1ccc3occc3c1)n2-c1ccnc(S(C)(=O)=O)n1.NC1CCCCC1. The highest BCUT2D eigenvalue weighted by Crippen LogP contribution is 2.34. The summed E-state index contributed by atoms with van der Waals surface area (Å²) in [6, 6.07) is 31.7. The van der Waals surface area contributed by atoms with Gasteiger partial charge in [-0.1, -0.05) is 38.5 Å². The van der Waals surface area contributed by atoms with Crippen molar-refractivity contribution in [2.75, 3.05) is 25.8 Å². The maximum atomic E-state index is 12.0. The number of hydrogen-bond acceptors (Lipinski definition) is 14. The van der Waals surface area contributed by atoms with Crippen molar-refractivity contribution in [2.45, 2.75) is 81.4 Å². The molecule has 4 aromatic carbocycles. The third-order valence-corrected chi connectivity index (χ3v) is 13.6. The summed E-state index contributed by atoms with van der Waals surface area (Å²) in [5, 5.41) is 5.26. The van der Waals surface area contributed by atoms with Gasteiger partial charge in [0.2, 0.25) is 20.9 Å². The number of imidazole rings is 2. The van der Waals surface area contributed by atoms with Gasteiger partial charge in [-0.25, -0.2) is 33.3 Å². The first kappa shape index (κ1) is 46.1. The zero-order chi connectivity index (χ0) is 48.2. The first-order chi connectivity index (χ1) is 34.1. The first-order valence-corrected chi connectivity index (χ1v) is 25.5. The molecule has 17 heteroatoms. The Labute approximate surface area is 404 Å². The maximum Gasteiger partial charge on any atom is 0.248 e. The van der Waals surface area contributed by atoms with E-state index in [0.717, 1.165) is 86.1 Å². The minimum Gasteiger partial charge on any atom is -0.497 e. The molecule has 0 unspecified atom stereocenters. The van der Waals surface area contributed by atoms with Crippen LogP contribution in [0.1, 0.15) is 64.2 Å². The summed E-state index contributed by atoms with van der Waals surface area (Å²) in [7, 11) is -0.309. The van der Waals surface area contributed by atoms with Crippen LogP contribution in [0.15, 0.2) is 136 Å². The summed E-state index contributed by atoms with van der Waals surface area (Å²) in [6.07, 6.45) is 20.5. The van der Waals surface area contributed by atoms with Crippen molar-refractivity contribution in [3.8, 4) is 45.9 Å². The smallest absolute Gasteiger partial charge is 0.248 e. The summed E-state index contributed by atoms with van der Waals surface area (Å²) in [5.41, 5.74) is 12.3. The number of nitrogens with one attached hydrogen (secondary N) is 1. The zero-order valence-electron chi connectivity index (χ0n) is 39.3. The van der Waals surface area contributed by atoms with Crippen molar-refractivity contribution in [2.24, 2.45) is 5.73 Å². The zero-order valence-corrected chi connectivity index (χ0v) is 40.1. The summed E-state index contributed by atoms with van der Waals surface area (Å²) < 4.78 is 49.6. The van der Waals surface area contributed by atoms with Gasteiger partial charge in [-0.3, -0.25) is 9.13 Å². The molecule has 6 aromatic heterocycles. The van der Waals surface area contributed by atoms with Crippen molar-refractivity contribution in [3.05, 3.63) is 122 Å². The van der Waals surface area contributed by atoms with E-state index in [9.17, 15) is 8.42 Å². The lowest BCUT2D eigenvalue weighted by Crippen LogP contribution is -2.23. The molecule has 0 saturated heterocycles. The van der Waals surface area contributed by atoms with Gasteiger partial charge in [0.15, 0.2) is 0 Å². The number of fused-ring (bicyclic) bond motifs is 4. The number of rotatable bonds is 9. The lowest BCUT2D eigenvalue weighted by Gasteiger charge is -2.22. The van der Waals surface area contributed by atoms with Crippen LogP contribution in [-0.4, -0.2) is 80.0 Å². The Morgan fingerprint density at radius 2 is 1.11 bits per heavy atom. The van der Waals surface area contributed by atoms with Gasteiger partial charge in [-0.2, -0.15) is 4.98 Å². The molecule has 6 heterocycles. The van der Waals surface area contributed by atoms with E-state index < -0.39 is 9.84 Å². The average molecular weight is 959 g/mol. The van der Waals surface area contributed by atoms with Gasteiger partial charge in [-0.05, 0) is 111 Å². The molecule has 0 amide bonds. The van der Waals surface area contributed by atoms with Gasteiger partial charge in [0.1, 0.15) is 45.9 Å². The number of benzene rings is 4. The largest absolute Gasteiger partial charge is 0.497 e. The Hall–Kier alpha value is -7.63. The Kier molecular flexibility index (Phi) is 13.3. The molecule has 0 spiro atoms. The molecule has 10 aromatic rings. The fourth-order valence-electron chi connectivity index (χ4n) is 9.18. The van der Waals surface area contributed by atoms with Gasteiger partial charge < -0.3 is 29.4 Å². The number of nitrogens with two attached hydrogens (primary N) is 1. The van der Waals surface area contributed by atoms with E-state index >= 15 is 0 Å². The fourth-order valence-corrected chi connectivity index (χ4v) is 9.69. The molecule has 16 nitrogen and oxygen atoms in total. The van der Waals surface area contributed by atoms with E-state index in [0.29, 0.717) is 40.9 Å². The highest BCUT2D eigenvalue weighted by Gasteiger charge is 2.21. The molecule has 2 aliphatic rings. The Morgan fingerprint density at radius 1 is 0.600 bits per heavy atom. The Balaban J connectivity index is 0.000000143. The number of nitrogens with zero attached hydrogens (tertiary/aromatic N) is 8. The van der Waals surface area contributed by atoms with E-state index in [1.54, 1.807) is 32.8 Å². The Bertz CT molecular complexity index is 3550. The monoisotopic (exact) mass is 958 g/mol. The molecular formula is C53H54N10O6S. The quantitative estimate of drug-likeness (QED) is 0.129. The fraction of sp³-hybridized carbons (Fsp3) is 0.283. The van der Waals surface area contributed by atoms with E-state index in [-0.39, 0.29) is 5.16 Å². The van der Waals surface area contributed by atoms with Crippen molar-refractivity contribution in [1.29, 1.82) is 0 Å². The van der Waals surface area contributed by atoms with Gasteiger partial charge in [-0.15, -0.1) is 0 Å². The number of aromatic nitrogens is 8. The van der Waals surface area contributed by atoms with Crippen LogP contribution < -0.4 is 20.5 Å². The van der Waals surface area contributed by atoms with E-state index in [4.69, 9.17) is 39.0 Å². The standard InChI is InChI=1S/C26H25N5O2.C21H16N4O4S.C6H13N/c1-32-20-8-9-22-21(16-20)29-25(18-7-10-23-17(15-18)12-14-33-23)31(22)24-11-13-27-26(30-24)28-19-5-3-2-4-6-19;1-28-15-4-5-17-16(12-15)23-20(14-3-6-18-13(11-14)8-10-29-18)25(17)19-7-9-22-21(24-19)30(2,26)27;7-6-4-2-1-3-5-6/h7-16,19H,2-6H2,1H3,(H,27,28,30);3-12H,1-2H3;6H,1-5,7H2. The molecule has 2 saturated carbocycles. The second-order valence-electron chi connectivity index (χ2n) is 17.7. The first-order valence-electron chi connectivity index (χ1n) is 23.6. The molecule has 0 aliphatic heterocycles. The molecule has 0 radical (unpaired) electrons. The topological polar surface area (TPSA) is 204 Å². The van der Waals surface area contributed by atoms with Crippen LogP contribution >= 0.6 is 0 Å². The van der Waals surface area contributed by atoms with Gasteiger partial charge in [0.25, 0.3) is 0 Å². The predicted octanol–water partition coefficient (Wildman–Crippen LogP) is 10.9. The molecule has 2 aliphatic carbocycles. The summed E-state index contributed by atoms with van der Waals surface area (Å²) >= 11 is 0. The second-order valence-corrected chi connectivity index (χ2v) is 19.6. The van der Waals surface area contributed by atoms with Crippen LogP contribution in [-0.2, 0) is 9.84 Å². The van der Waals surface area contributed by atoms with Crippen LogP contribution in [0.4, 0.5) is 5.95 Å². The van der Waals surface area contributed by atoms with Gasteiger partial charge in [0, 0.05) is 64.8 Å². The van der Waals surface area contributed by atoms with Crippen LogP contribution in [0.25, 0.3) is 78.4 Å². The number of methoxy groups -OCH3 is 2. The number of hydrogen-bond donors (Lipinski definition) is 2. The van der Waals surface area contributed by atoms with Crippen molar-refractivity contribution in [1.82, 2.24) is 39.0 Å². The molecule has 2 fully saturated rings. The van der Waals surface area contributed by atoms with Gasteiger partial charge in [0.05, 0.1) is 48.8 Å². The third-order valence-electron chi connectivity index (χ3n) is 12.8. The van der Waals surface area contributed by atoms with Crippen LogP contribution in [0.5, 0.6) is 11.5 Å². The third kappa shape index (κ3) is 9.93. The lowest BCUT2D eigenvalue weighted by molar-refractivity contribution is 0.415. The summed E-state index contributed by atoms with van der Waals surface area (Å²) in [4.78, 5) is 27.4. The molecule has 3 N–H and O–H groups in total. The Morgan fingerprint density at radius 3 is 1.61 bits per heavy atom. The number of furan rings is 2. The van der Waals surface area contributed by atoms with Crippen LogP contribution in [0.3, 0.4) is 0 Å². The molecule has 12 rings (SSSR count). The predicted molar refractivity (Wildman–Crippen MR) is 272 cm³/mol. The van der Waals surface area contributed by atoms with Crippen molar-refractivity contribution < 1.29 is 26.7 Å². The second kappa shape index (κ2) is 20.1. The summed E-state index contributed by atoms with van der Waals surface area (Å²) in [6.45, 7) is 0. The van der Waals surface area contributed by atoms with E-state index in [2.05, 4.69) is 30.9 Å². The van der Waals surface area contributed by atoms with Crippen LogP contribution in [0, 0.1) is 0 Å². The normalized spacial score (nSPS) is 14.6. The maximum absolute atomic E-state index is 12.0. The highest BCUT2D eigenvalue weighted by molar-refractivity contribution is 7.90. The molecule has 0 bridgehead atoms. The van der Waals surface area contributed by atoms with Gasteiger partial charge >= 0.3 is 0 Å². The molecular weight excluding hydrogens is 905 g/mol. The van der Waals surface area contributed by atoms with Crippen molar-refractivity contribution >= 4 is 59.8 Å². The molecule has 358 valence electrons. The number of sulfone groups is 1. The van der Waals surface area contributed by atoms with E-state index in [1.165, 1.54) is 57.6 Å². The number of anilines is 1. The minimum absolute atomic E-state index is 0.244. The molecule has 70 heavy (non-hydrogen) atoms. The number of ether oxygens (including phenoxy) is 2. The highest BCUT2D eigenvalue weighted by atomic mass is 32.2. The van der Waals surface area contributed by atoms with Crippen molar-refractivity contribution in [3.63, 3.8) is 0 Å². The van der Waals surface area contributed by atoms with E-state index in [1.807, 2.05) is 95.7 Å². The summed E-state index contributed by atoms with van der Waals surface area (Å²) in [5.74, 6) is 4.70. The molecule has 0 atom stereocenters. The average Bonchev–Trinajstić information content (AvgIpc) is 4.21. The van der Waals surface area contributed by atoms with Crippen LogP contribution in [0.2, 0.25) is 0 Å². The lowest BCUT2D eigenvalue weighted by atomic mass is 9.96. The minimum atomic E-state index is -3.57.